The molecule has 1 rings (SSSR count). The molecule has 0 aliphatic carbocycles. The first-order chi connectivity index (χ1) is 8.83. The van der Waals surface area contributed by atoms with Gasteiger partial charge in [-0.15, -0.1) is 12.4 Å². The molecule has 0 spiro atoms. The third-order valence-electron chi connectivity index (χ3n) is 2.45. The van der Waals surface area contributed by atoms with Gasteiger partial charge in [-0.1, -0.05) is 30.3 Å². The van der Waals surface area contributed by atoms with Gasteiger partial charge in [0.1, 0.15) is 0 Å². The molecule has 0 aromatic heterocycles. The summed E-state index contributed by atoms with van der Waals surface area (Å²) in [7, 11) is 0. The molecule has 8 heteroatoms. The zero-order valence-corrected chi connectivity index (χ0v) is 11.2. The highest BCUT2D eigenvalue weighted by Crippen LogP contribution is 2.21. The largest absolute Gasteiger partial charge is 0.348 e. The molecule has 0 fully saturated rings. The lowest BCUT2D eigenvalue weighted by molar-refractivity contribution is -0.137. The fraction of sp³-hybridized carbons (Fsp3) is 0.417. The molecule has 1 atom stereocenters. The summed E-state index contributed by atoms with van der Waals surface area (Å²) in [5.74, 6) is -5.13. The number of carbonyl (C=O) groups excluding carboxylic acids is 1. The summed E-state index contributed by atoms with van der Waals surface area (Å²) in [5, 5.41) is 1.73. The number of nitrogens with one attached hydrogen (secondary N) is 1. The van der Waals surface area contributed by atoms with Gasteiger partial charge in [-0.2, -0.15) is 8.78 Å². The molecule has 0 saturated carbocycles. The quantitative estimate of drug-likeness (QED) is 0.789. The molecule has 0 unspecified atom stereocenters. The van der Waals surface area contributed by atoms with E-state index in [1.165, 1.54) is 0 Å². The smallest absolute Gasteiger partial charge is 0.324 e. The molecule has 1 aromatic rings. The van der Waals surface area contributed by atoms with Gasteiger partial charge in [0.15, 0.2) is 0 Å². The van der Waals surface area contributed by atoms with Crippen LogP contribution >= 0.6 is 12.4 Å². The number of nitrogens with two attached hydrogens (primary N) is 1. The monoisotopic (exact) mass is 314 g/mol. The number of rotatable bonds is 6. The number of benzene rings is 1. The van der Waals surface area contributed by atoms with Gasteiger partial charge in [0.05, 0.1) is 12.6 Å². The summed E-state index contributed by atoms with van der Waals surface area (Å²) in [6, 6.07) is 7.64. The third-order valence-corrected chi connectivity index (χ3v) is 2.45. The lowest BCUT2D eigenvalue weighted by Crippen LogP contribution is -2.48. The molecule has 0 heterocycles. The van der Waals surface area contributed by atoms with Crippen LogP contribution in [-0.2, 0) is 11.2 Å². The Morgan fingerprint density at radius 1 is 1.25 bits per heavy atom. The number of amides is 1. The van der Waals surface area contributed by atoms with Crippen molar-refractivity contribution in [3.63, 3.8) is 0 Å². The van der Waals surface area contributed by atoms with Crippen molar-refractivity contribution in [1.29, 1.82) is 0 Å². The van der Waals surface area contributed by atoms with Crippen molar-refractivity contribution < 1.29 is 22.4 Å². The maximum Gasteiger partial charge on any atom is 0.324 e. The summed E-state index contributed by atoms with van der Waals surface area (Å²) in [4.78, 5) is 11.4. The minimum absolute atomic E-state index is 0. The molecule has 114 valence electrons. The fourth-order valence-electron chi connectivity index (χ4n) is 1.37. The summed E-state index contributed by atoms with van der Waals surface area (Å²) in [6.07, 6.45) is -3.68. The van der Waals surface area contributed by atoms with Gasteiger partial charge in [-0.25, -0.2) is 8.78 Å². The van der Waals surface area contributed by atoms with Crippen molar-refractivity contribution >= 4 is 18.3 Å². The first-order valence-corrected chi connectivity index (χ1v) is 5.56. The molecule has 0 radical (unpaired) electrons. The van der Waals surface area contributed by atoms with E-state index in [2.05, 4.69) is 0 Å². The second-order valence-electron chi connectivity index (χ2n) is 4.08. The maximum absolute atomic E-state index is 12.6. The van der Waals surface area contributed by atoms with Gasteiger partial charge in [-0.3, -0.25) is 4.79 Å². The second-order valence-corrected chi connectivity index (χ2v) is 4.08. The highest BCUT2D eigenvalue weighted by atomic mass is 35.5. The van der Waals surface area contributed by atoms with Crippen molar-refractivity contribution in [3.05, 3.63) is 35.9 Å². The summed E-state index contributed by atoms with van der Waals surface area (Å²) >= 11 is 0. The SMILES string of the molecule is Cl.N[C@@H](Cc1ccccc1)C(=O)NCC(F)(F)C(F)F. The van der Waals surface area contributed by atoms with E-state index in [-0.39, 0.29) is 18.8 Å². The highest BCUT2D eigenvalue weighted by Gasteiger charge is 2.41. The fourth-order valence-corrected chi connectivity index (χ4v) is 1.37. The van der Waals surface area contributed by atoms with Crippen LogP contribution in [0.4, 0.5) is 17.6 Å². The van der Waals surface area contributed by atoms with Crippen LogP contribution in [0, 0.1) is 0 Å². The molecular formula is C12H15ClF4N2O. The Kier molecular flexibility index (Phi) is 7.52. The zero-order chi connectivity index (χ0) is 14.5. The van der Waals surface area contributed by atoms with Gasteiger partial charge in [0, 0.05) is 0 Å². The lowest BCUT2D eigenvalue weighted by Gasteiger charge is -2.18. The van der Waals surface area contributed by atoms with Crippen LogP contribution < -0.4 is 11.1 Å². The number of carbonyl (C=O) groups is 1. The topological polar surface area (TPSA) is 55.1 Å². The summed E-state index contributed by atoms with van der Waals surface area (Å²) in [5.41, 5.74) is 6.27. The van der Waals surface area contributed by atoms with Crippen molar-refractivity contribution in [2.24, 2.45) is 5.73 Å². The van der Waals surface area contributed by atoms with Gasteiger partial charge < -0.3 is 11.1 Å². The molecule has 3 N–H and O–H groups in total. The number of hydrogen-bond donors (Lipinski definition) is 2. The van der Waals surface area contributed by atoms with Gasteiger partial charge in [-0.05, 0) is 12.0 Å². The van der Waals surface area contributed by atoms with E-state index < -0.39 is 30.8 Å². The van der Waals surface area contributed by atoms with E-state index in [4.69, 9.17) is 5.73 Å². The molecule has 0 saturated heterocycles. The molecule has 1 amide bonds. The number of alkyl halides is 4. The van der Waals surface area contributed by atoms with Gasteiger partial charge in [0.2, 0.25) is 5.91 Å². The minimum atomic E-state index is -4.25. The average Bonchev–Trinajstić information content (AvgIpc) is 2.37. The predicted molar refractivity (Wildman–Crippen MR) is 69.3 cm³/mol. The van der Waals surface area contributed by atoms with E-state index >= 15 is 0 Å². The Balaban J connectivity index is 0.00000361. The Labute approximate surface area is 119 Å². The average molecular weight is 315 g/mol. The standard InChI is InChI=1S/C12H14F4N2O.ClH/c13-11(14)12(15,16)7-18-10(19)9(17)6-8-4-2-1-3-5-8;/h1-5,9,11H,6-7,17H2,(H,18,19);1H/t9-;/m0./s1. The summed E-state index contributed by atoms with van der Waals surface area (Å²) in [6.45, 7) is -1.42. The Hall–Kier alpha value is -1.34. The van der Waals surface area contributed by atoms with Crippen molar-refractivity contribution in [3.8, 4) is 0 Å². The van der Waals surface area contributed by atoms with Crippen LogP contribution in [0.15, 0.2) is 30.3 Å². The van der Waals surface area contributed by atoms with Crippen molar-refractivity contribution in [1.82, 2.24) is 5.32 Å². The van der Waals surface area contributed by atoms with Gasteiger partial charge in [0.25, 0.3) is 0 Å². The third kappa shape index (κ3) is 5.75. The molecular weight excluding hydrogens is 300 g/mol. The Morgan fingerprint density at radius 2 is 1.80 bits per heavy atom. The zero-order valence-electron chi connectivity index (χ0n) is 10.4. The highest BCUT2D eigenvalue weighted by molar-refractivity contribution is 5.85. The molecule has 0 bridgehead atoms. The number of hydrogen-bond acceptors (Lipinski definition) is 2. The molecule has 0 aliphatic rings. The Bertz CT molecular complexity index is 417. The maximum atomic E-state index is 12.6. The first-order valence-electron chi connectivity index (χ1n) is 5.56. The first kappa shape index (κ1) is 18.7. The van der Waals surface area contributed by atoms with Crippen molar-refractivity contribution in [2.45, 2.75) is 24.8 Å². The minimum Gasteiger partial charge on any atom is -0.348 e. The van der Waals surface area contributed by atoms with E-state index in [0.717, 1.165) is 5.56 Å². The van der Waals surface area contributed by atoms with Crippen LogP contribution in [0.5, 0.6) is 0 Å². The normalized spacial score (nSPS) is 12.7. The predicted octanol–water partition coefficient (Wildman–Crippen LogP) is 1.99. The van der Waals surface area contributed by atoms with E-state index in [9.17, 15) is 22.4 Å². The molecule has 1 aromatic carbocycles. The Morgan fingerprint density at radius 3 is 2.30 bits per heavy atom. The molecule has 0 aliphatic heterocycles. The van der Waals surface area contributed by atoms with Crippen LogP contribution in [0.1, 0.15) is 5.56 Å². The van der Waals surface area contributed by atoms with E-state index in [1.807, 2.05) is 0 Å². The van der Waals surface area contributed by atoms with Crippen LogP contribution in [-0.4, -0.2) is 30.8 Å². The van der Waals surface area contributed by atoms with Crippen LogP contribution in [0.2, 0.25) is 0 Å². The lowest BCUT2D eigenvalue weighted by atomic mass is 10.1. The van der Waals surface area contributed by atoms with Gasteiger partial charge >= 0.3 is 12.3 Å². The van der Waals surface area contributed by atoms with Crippen LogP contribution in [0.25, 0.3) is 0 Å². The molecule has 3 nitrogen and oxygen atoms in total. The van der Waals surface area contributed by atoms with Crippen LogP contribution in [0.3, 0.4) is 0 Å². The molecule has 20 heavy (non-hydrogen) atoms. The van der Waals surface area contributed by atoms with E-state index in [1.54, 1.807) is 35.6 Å². The second kappa shape index (κ2) is 8.06. The summed E-state index contributed by atoms with van der Waals surface area (Å²) < 4.78 is 48.9. The number of halogens is 5. The van der Waals surface area contributed by atoms with Crippen molar-refractivity contribution in [2.75, 3.05) is 6.54 Å². The van der Waals surface area contributed by atoms with E-state index in [0.29, 0.717) is 0 Å².